The van der Waals surface area contributed by atoms with E-state index < -0.39 is 0 Å². The highest BCUT2D eigenvalue weighted by Gasteiger charge is 2.19. The number of aryl methyl sites for hydroxylation is 1. The Hall–Kier alpha value is -0.570. The first kappa shape index (κ1) is 10.9. The maximum atomic E-state index is 4.49. The van der Waals surface area contributed by atoms with Crippen LogP contribution in [0.25, 0.3) is 0 Å². The van der Waals surface area contributed by atoms with Gasteiger partial charge < -0.3 is 4.90 Å². The Kier molecular flexibility index (Phi) is 3.29. The molecule has 2 heterocycles. The van der Waals surface area contributed by atoms with E-state index in [2.05, 4.69) is 45.7 Å². The minimum absolute atomic E-state index is 0.631. The molecule has 3 heteroatoms. The predicted octanol–water partition coefficient (Wildman–Crippen LogP) is 3.53. The summed E-state index contributed by atoms with van der Waals surface area (Å²) in [6.07, 6.45) is 5.84. The molecule has 2 nitrogen and oxygen atoms in total. The molecule has 0 aromatic carbocycles. The van der Waals surface area contributed by atoms with Crippen LogP contribution in [-0.4, -0.2) is 17.6 Å². The lowest BCUT2D eigenvalue weighted by Gasteiger charge is -2.34. The summed E-state index contributed by atoms with van der Waals surface area (Å²) in [6.45, 7) is 5.55. The van der Waals surface area contributed by atoms with Gasteiger partial charge in [0.2, 0.25) is 0 Å². The van der Waals surface area contributed by atoms with Crippen LogP contribution < -0.4 is 4.90 Å². The maximum absolute atomic E-state index is 4.49. The van der Waals surface area contributed by atoms with Gasteiger partial charge in [-0.25, -0.2) is 4.98 Å². The molecule has 0 spiro atoms. The first-order valence-corrected chi connectivity index (χ1v) is 6.36. The van der Waals surface area contributed by atoms with Crippen LogP contribution in [0.3, 0.4) is 0 Å². The zero-order chi connectivity index (χ0) is 10.8. The lowest BCUT2D eigenvalue weighted by atomic mass is 10.0. The molecule has 1 fully saturated rings. The second kappa shape index (κ2) is 4.52. The molecule has 15 heavy (non-hydrogen) atoms. The van der Waals surface area contributed by atoms with Crippen LogP contribution in [0.2, 0.25) is 0 Å². The molecule has 0 N–H and O–H groups in total. The topological polar surface area (TPSA) is 16.1 Å². The summed E-state index contributed by atoms with van der Waals surface area (Å²) in [5.41, 5.74) is 1.26. The highest BCUT2D eigenvalue weighted by atomic mass is 79.9. The summed E-state index contributed by atoms with van der Waals surface area (Å²) in [5.74, 6) is 1.13. The van der Waals surface area contributed by atoms with E-state index in [1.165, 1.54) is 24.8 Å². The Morgan fingerprint density at radius 3 is 2.93 bits per heavy atom. The molecule has 1 aliphatic rings. The average molecular weight is 269 g/mol. The van der Waals surface area contributed by atoms with E-state index in [0.717, 1.165) is 16.8 Å². The number of hydrogen-bond donors (Lipinski definition) is 0. The molecule has 0 aliphatic carbocycles. The molecule has 1 aromatic heterocycles. The zero-order valence-electron chi connectivity index (χ0n) is 9.33. The first-order valence-electron chi connectivity index (χ1n) is 5.57. The van der Waals surface area contributed by atoms with E-state index in [0.29, 0.717) is 6.04 Å². The van der Waals surface area contributed by atoms with Crippen molar-refractivity contribution in [2.75, 3.05) is 11.4 Å². The second-order valence-corrected chi connectivity index (χ2v) is 5.18. The van der Waals surface area contributed by atoms with Gasteiger partial charge in [0.05, 0.1) is 0 Å². The van der Waals surface area contributed by atoms with Crippen LogP contribution in [-0.2, 0) is 0 Å². The molecule has 0 bridgehead atoms. The van der Waals surface area contributed by atoms with Gasteiger partial charge in [-0.1, -0.05) is 0 Å². The molecule has 0 amide bonds. The third-order valence-corrected chi connectivity index (χ3v) is 3.96. The lowest BCUT2D eigenvalue weighted by Crippen LogP contribution is -2.37. The van der Waals surface area contributed by atoms with Crippen molar-refractivity contribution in [3.05, 3.63) is 22.3 Å². The molecule has 1 saturated heterocycles. The first-order chi connectivity index (χ1) is 7.18. The van der Waals surface area contributed by atoms with E-state index in [1.807, 2.05) is 6.20 Å². The monoisotopic (exact) mass is 268 g/mol. The van der Waals surface area contributed by atoms with Crippen molar-refractivity contribution in [1.29, 1.82) is 0 Å². The van der Waals surface area contributed by atoms with Crippen molar-refractivity contribution in [2.24, 2.45) is 0 Å². The number of nitrogens with zero attached hydrogens (tertiary/aromatic N) is 2. The maximum Gasteiger partial charge on any atom is 0.129 e. The van der Waals surface area contributed by atoms with Gasteiger partial charge in [-0.3, -0.25) is 0 Å². The van der Waals surface area contributed by atoms with Crippen LogP contribution in [0.1, 0.15) is 31.7 Å². The van der Waals surface area contributed by atoms with Crippen LogP contribution in [0.5, 0.6) is 0 Å². The second-order valence-electron chi connectivity index (χ2n) is 4.33. The van der Waals surface area contributed by atoms with Gasteiger partial charge in [0.1, 0.15) is 5.82 Å². The number of anilines is 1. The fraction of sp³-hybridized carbons (Fsp3) is 0.583. The Labute approximate surface area is 99.8 Å². The van der Waals surface area contributed by atoms with Crippen molar-refractivity contribution in [3.8, 4) is 0 Å². The van der Waals surface area contributed by atoms with E-state index in [-0.39, 0.29) is 0 Å². The molecule has 0 unspecified atom stereocenters. The smallest absolute Gasteiger partial charge is 0.129 e. The Morgan fingerprint density at radius 1 is 1.47 bits per heavy atom. The summed E-state index contributed by atoms with van der Waals surface area (Å²) in [6, 6.07) is 2.80. The highest BCUT2D eigenvalue weighted by Crippen LogP contribution is 2.25. The van der Waals surface area contributed by atoms with Crippen LogP contribution in [0.4, 0.5) is 5.82 Å². The molecule has 1 atom stereocenters. The van der Waals surface area contributed by atoms with Gasteiger partial charge in [-0.15, -0.1) is 0 Å². The zero-order valence-corrected chi connectivity index (χ0v) is 10.9. The summed E-state index contributed by atoms with van der Waals surface area (Å²) < 4.78 is 1.09. The number of pyridine rings is 1. The van der Waals surface area contributed by atoms with E-state index in [4.69, 9.17) is 0 Å². The van der Waals surface area contributed by atoms with Crippen molar-refractivity contribution in [1.82, 2.24) is 4.98 Å². The molecule has 82 valence electrons. The average Bonchev–Trinajstić information content (AvgIpc) is 2.23. The fourth-order valence-electron chi connectivity index (χ4n) is 2.12. The van der Waals surface area contributed by atoms with Crippen LogP contribution in [0.15, 0.2) is 16.7 Å². The predicted molar refractivity (Wildman–Crippen MR) is 67.3 cm³/mol. The van der Waals surface area contributed by atoms with Gasteiger partial charge in [0.25, 0.3) is 0 Å². The fourth-order valence-corrected chi connectivity index (χ4v) is 2.34. The summed E-state index contributed by atoms with van der Waals surface area (Å²) in [4.78, 5) is 6.91. The summed E-state index contributed by atoms with van der Waals surface area (Å²) >= 11 is 3.49. The Balaban J connectivity index is 2.24. The third-order valence-electron chi connectivity index (χ3n) is 3.13. The quantitative estimate of drug-likeness (QED) is 0.775. The lowest BCUT2D eigenvalue weighted by molar-refractivity contribution is 0.481. The standard InChI is InChI=1S/C12H17BrN2/c1-9-7-12(14-8-11(9)13)15-6-4-3-5-10(15)2/h7-8,10H,3-6H2,1-2H3/t10-/m1/s1. The SMILES string of the molecule is Cc1cc(N2CCCC[C@H]2C)ncc1Br. The van der Waals surface area contributed by atoms with Gasteiger partial charge in [0.15, 0.2) is 0 Å². The molecule has 0 saturated carbocycles. The molecular formula is C12H17BrN2. The van der Waals surface area contributed by atoms with Crippen molar-refractivity contribution in [3.63, 3.8) is 0 Å². The Morgan fingerprint density at radius 2 is 2.27 bits per heavy atom. The van der Waals surface area contributed by atoms with Gasteiger partial charge in [-0.05, 0) is 60.7 Å². The van der Waals surface area contributed by atoms with Gasteiger partial charge in [-0.2, -0.15) is 0 Å². The third kappa shape index (κ3) is 2.33. The molecule has 2 rings (SSSR count). The van der Waals surface area contributed by atoms with E-state index >= 15 is 0 Å². The van der Waals surface area contributed by atoms with Crippen LogP contribution >= 0.6 is 15.9 Å². The minimum Gasteiger partial charge on any atom is -0.354 e. The number of halogens is 1. The number of piperidine rings is 1. The Bertz CT molecular complexity index is 351. The number of rotatable bonds is 1. The van der Waals surface area contributed by atoms with Crippen LogP contribution in [0, 0.1) is 6.92 Å². The minimum atomic E-state index is 0.631. The van der Waals surface area contributed by atoms with E-state index in [1.54, 1.807) is 0 Å². The van der Waals surface area contributed by atoms with Gasteiger partial charge >= 0.3 is 0 Å². The number of hydrogen-bond acceptors (Lipinski definition) is 2. The molecule has 1 aromatic rings. The summed E-state index contributed by atoms with van der Waals surface area (Å²) in [5, 5.41) is 0. The molecule has 1 aliphatic heterocycles. The van der Waals surface area contributed by atoms with E-state index in [9.17, 15) is 0 Å². The number of aromatic nitrogens is 1. The van der Waals surface area contributed by atoms with Crippen molar-refractivity contribution >= 4 is 21.7 Å². The largest absolute Gasteiger partial charge is 0.354 e. The summed E-state index contributed by atoms with van der Waals surface area (Å²) in [7, 11) is 0. The normalized spacial score (nSPS) is 21.8. The van der Waals surface area contributed by atoms with Gasteiger partial charge in [0, 0.05) is 23.3 Å². The molecular weight excluding hydrogens is 252 g/mol. The van der Waals surface area contributed by atoms with Crippen molar-refractivity contribution in [2.45, 2.75) is 39.2 Å². The molecule has 0 radical (unpaired) electrons. The highest BCUT2D eigenvalue weighted by molar-refractivity contribution is 9.10. The van der Waals surface area contributed by atoms with Crippen molar-refractivity contribution < 1.29 is 0 Å².